The number of nitrogens with zero attached hydrogens (tertiary/aromatic N) is 2. The highest BCUT2D eigenvalue weighted by atomic mass is 32.2. The van der Waals surface area contributed by atoms with Crippen molar-refractivity contribution in [1.29, 1.82) is 0 Å². The van der Waals surface area contributed by atoms with Gasteiger partial charge in [0, 0.05) is 42.2 Å². The number of rotatable bonds is 4. The highest BCUT2D eigenvalue weighted by Crippen LogP contribution is 2.27. The Labute approximate surface area is 134 Å². The summed E-state index contributed by atoms with van der Waals surface area (Å²) in [6.45, 7) is 7.55. The molecule has 1 aromatic rings. The molecule has 0 aromatic heterocycles. The van der Waals surface area contributed by atoms with E-state index in [0.717, 1.165) is 18.0 Å². The van der Waals surface area contributed by atoms with E-state index in [1.165, 1.54) is 23.9 Å². The normalized spacial score (nSPS) is 23.1. The summed E-state index contributed by atoms with van der Waals surface area (Å²) in [4.78, 5) is 25.6. The standard InChI is InChI=1S/C15H21N3O3S/c1-10-11(2)17(9-8-16-10)15(19)12(3)22-14-6-4-13(5-7-14)18(20)21/h4-7,10-12,16H,8-9H2,1-3H3. The molecule has 0 radical (unpaired) electrons. The Hall–Kier alpha value is -1.60. The average Bonchev–Trinajstić information content (AvgIpc) is 2.50. The lowest BCUT2D eigenvalue weighted by Crippen LogP contribution is -2.58. The average molecular weight is 323 g/mol. The topological polar surface area (TPSA) is 75.5 Å². The highest BCUT2D eigenvalue weighted by Gasteiger charge is 2.31. The van der Waals surface area contributed by atoms with E-state index in [0.29, 0.717) is 0 Å². The minimum absolute atomic E-state index is 0.0629. The molecule has 6 nitrogen and oxygen atoms in total. The molecule has 1 aliphatic rings. The molecule has 3 unspecified atom stereocenters. The Morgan fingerprint density at radius 1 is 1.41 bits per heavy atom. The first-order valence-electron chi connectivity index (χ1n) is 7.35. The molecule has 0 spiro atoms. The number of hydrogen-bond acceptors (Lipinski definition) is 5. The van der Waals surface area contributed by atoms with E-state index in [9.17, 15) is 14.9 Å². The van der Waals surface area contributed by atoms with Crippen molar-refractivity contribution >= 4 is 23.4 Å². The number of hydrogen-bond donors (Lipinski definition) is 1. The van der Waals surface area contributed by atoms with E-state index in [1.807, 2.05) is 11.8 Å². The Kier molecular flexibility index (Phi) is 5.42. The van der Waals surface area contributed by atoms with E-state index < -0.39 is 4.92 Å². The molecule has 1 heterocycles. The van der Waals surface area contributed by atoms with Gasteiger partial charge in [-0.3, -0.25) is 14.9 Å². The van der Waals surface area contributed by atoms with E-state index in [2.05, 4.69) is 19.2 Å². The van der Waals surface area contributed by atoms with Gasteiger partial charge in [0.05, 0.1) is 10.2 Å². The van der Waals surface area contributed by atoms with Gasteiger partial charge in [-0.05, 0) is 32.9 Å². The minimum Gasteiger partial charge on any atom is -0.336 e. The van der Waals surface area contributed by atoms with Crippen molar-refractivity contribution < 1.29 is 9.72 Å². The molecule has 0 aliphatic carbocycles. The lowest BCUT2D eigenvalue weighted by Gasteiger charge is -2.39. The molecular weight excluding hydrogens is 302 g/mol. The fourth-order valence-corrected chi connectivity index (χ4v) is 3.44. The zero-order valence-corrected chi connectivity index (χ0v) is 13.8. The number of thioether (sulfide) groups is 1. The number of benzene rings is 1. The molecule has 22 heavy (non-hydrogen) atoms. The number of non-ortho nitro benzene ring substituents is 1. The number of nitrogens with one attached hydrogen (secondary N) is 1. The van der Waals surface area contributed by atoms with Crippen LogP contribution in [0.25, 0.3) is 0 Å². The third-order valence-corrected chi connectivity index (χ3v) is 5.13. The van der Waals surface area contributed by atoms with Crippen molar-refractivity contribution in [1.82, 2.24) is 10.2 Å². The van der Waals surface area contributed by atoms with Crippen LogP contribution >= 0.6 is 11.8 Å². The molecule has 1 amide bonds. The maximum absolute atomic E-state index is 12.6. The summed E-state index contributed by atoms with van der Waals surface area (Å²) in [5.74, 6) is 0.115. The van der Waals surface area contributed by atoms with Crippen LogP contribution in [0.15, 0.2) is 29.2 Å². The van der Waals surface area contributed by atoms with E-state index >= 15 is 0 Å². The number of nitro groups is 1. The second-order valence-electron chi connectivity index (χ2n) is 5.53. The molecular formula is C15H21N3O3S. The molecule has 1 aromatic carbocycles. The van der Waals surface area contributed by atoms with Crippen molar-refractivity contribution in [3.05, 3.63) is 34.4 Å². The molecule has 3 atom stereocenters. The molecule has 1 aliphatic heterocycles. The molecule has 1 fully saturated rings. The molecule has 1 N–H and O–H groups in total. The van der Waals surface area contributed by atoms with Gasteiger partial charge in [0.25, 0.3) is 5.69 Å². The molecule has 1 saturated heterocycles. The van der Waals surface area contributed by atoms with Gasteiger partial charge in [0.2, 0.25) is 5.91 Å². The van der Waals surface area contributed by atoms with Crippen LogP contribution < -0.4 is 5.32 Å². The summed E-state index contributed by atoms with van der Waals surface area (Å²) in [6.07, 6.45) is 0. The molecule has 2 rings (SSSR count). The number of amides is 1. The Morgan fingerprint density at radius 2 is 2.05 bits per heavy atom. The van der Waals surface area contributed by atoms with Crippen LogP contribution in [0.3, 0.4) is 0 Å². The van der Waals surface area contributed by atoms with Crippen LogP contribution in [0.1, 0.15) is 20.8 Å². The van der Waals surface area contributed by atoms with E-state index in [4.69, 9.17) is 0 Å². The molecule has 0 saturated carbocycles. The quantitative estimate of drug-likeness (QED) is 0.523. The van der Waals surface area contributed by atoms with Gasteiger partial charge < -0.3 is 10.2 Å². The summed E-state index contributed by atoms with van der Waals surface area (Å²) in [6, 6.07) is 6.77. The van der Waals surface area contributed by atoms with Crippen molar-refractivity contribution in [2.24, 2.45) is 0 Å². The highest BCUT2D eigenvalue weighted by molar-refractivity contribution is 8.00. The van der Waals surface area contributed by atoms with Gasteiger partial charge >= 0.3 is 0 Å². The van der Waals surface area contributed by atoms with Crippen LogP contribution in [0, 0.1) is 10.1 Å². The molecule has 120 valence electrons. The largest absolute Gasteiger partial charge is 0.336 e. The third-order valence-electron chi connectivity index (χ3n) is 4.03. The first kappa shape index (κ1) is 16.8. The van der Waals surface area contributed by atoms with Crippen molar-refractivity contribution in [2.45, 2.75) is 43.0 Å². The predicted molar refractivity (Wildman–Crippen MR) is 87.1 cm³/mol. The summed E-state index contributed by atoms with van der Waals surface area (Å²) in [5.41, 5.74) is 0.0629. The third kappa shape index (κ3) is 3.78. The van der Waals surface area contributed by atoms with Gasteiger partial charge in [0.15, 0.2) is 0 Å². The van der Waals surface area contributed by atoms with Crippen LogP contribution in [0.5, 0.6) is 0 Å². The Morgan fingerprint density at radius 3 is 2.64 bits per heavy atom. The number of carbonyl (C=O) groups is 1. The zero-order chi connectivity index (χ0) is 16.3. The van der Waals surface area contributed by atoms with E-state index in [1.54, 1.807) is 12.1 Å². The van der Waals surface area contributed by atoms with Gasteiger partial charge in [-0.15, -0.1) is 11.8 Å². The van der Waals surface area contributed by atoms with Crippen LogP contribution in [0.2, 0.25) is 0 Å². The number of nitro benzene ring substituents is 1. The zero-order valence-electron chi connectivity index (χ0n) is 13.0. The summed E-state index contributed by atoms with van der Waals surface area (Å²) in [7, 11) is 0. The van der Waals surface area contributed by atoms with Crippen molar-refractivity contribution in [3.8, 4) is 0 Å². The van der Waals surface area contributed by atoms with E-state index in [-0.39, 0.29) is 28.9 Å². The SMILES string of the molecule is CC(Sc1ccc([N+](=O)[O-])cc1)C(=O)N1CCNC(C)C1C. The summed E-state index contributed by atoms with van der Waals surface area (Å²) >= 11 is 1.43. The molecule has 7 heteroatoms. The lowest BCUT2D eigenvalue weighted by molar-refractivity contribution is -0.384. The fraction of sp³-hybridized carbons (Fsp3) is 0.533. The van der Waals surface area contributed by atoms with Gasteiger partial charge in [-0.2, -0.15) is 0 Å². The number of carbonyl (C=O) groups excluding carboxylic acids is 1. The summed E-state index contributed by atoms with van der Waals surface area (Å²) in [5, 5.41) is 13.8. The molecule has 0 bridgehead atoms. The minimum atomic E-state index is -0.424. The Balaban J connectivity index is 2.00. The van der Waals surface area contributed by atoms with Gasteiger partial charge in [-0.25, -0.2) is 0 Å². The monoisotopic (exact) mass is 323 g/mol. The van der Waals surface area contributed by atoms with Gasteiger partial charge in [0.1, 0.15) is 0 Å². The maximum Gasteiger partial charge on any atom is 0.269 e. The lowest BCUT2D eigenvalue weighted by atomic mass is 10.1. The second-order valence-corrected chi connectivity index (χ2v) is 6.94. The van der Waals surface area contributed by atoms with Crippen molar-refractivity contribution in [2.75, 3.05) is 13.1 Å². The fourth-order valence-electron chi connectivity index (χ4n) is 2.50. The predicted octanol–water partition coefficient (Wildman–Crippen LogP) is 2.28. The maximum atomic E-state index is 12.6. The Bertz CT molecular complexity index is 549. The van der Waals surface area contributed by atoms with Crippen LogP contribution in [0.4, 0.5) is 5.69 Å². The first-order valence-corrected chi connectivity index (χ1v) is 8.23. The number of piperazine rings is 1. The van der Waals surface area contributed by atoms with Crippen molar-refractivity contribution in [3.63, 3.8) is 0 Å². The van der Waals surface area contributed by atoms with Crippen LogP contribution in [-0.4, -0.2) is 46.2 Å². The first-order chi connectivity index (χ1) is 10.4. The van der Waals surface area contributed by atoms with Gasteiger partial charge in [-0.1, -0.05) is 0 Å². The van der Waals surface area contributed by atoms with Crippen LogP contribution in [-0.2, 0) is 4.79 Å². The smallest absolute Gasteiger partial charge is 0.269 e. The summed E-state index contributed by atoms with van der Waals surface area (Å²) < 4.78 is 0. The second kappa shape index (κ2) is 7.11.